The summed E-state index contributed by atoms with van der Waals surface area (Å²) in [4.78, 5) is 14.7. The number of morpholine rings is 1. The van der Waals surface area contributed by atoms with Crippen LogP contribution in [-0.4, -0.2) is 32.1 Å². The molecule has 4 nitrogen and oxygen atoms in total. The summed E-state index contributed by atoms with van der Waals surface area (Å²) in [5.74, 6) is 0.000211. The number of aryl methyl sites for hydroxylation is 1. The molecule has 3 rings (SSSR count). The second kappa shape index (κ2) is 6.20. The Balaban J connectivity index is 1.84. The highest BCUT2D eigenvalue weighted by molar-refractivity contribution is 6.09. The van der Waals surface area contributed by atoms with E-state index in [0.29, 0.717) is 30.0 Å². The summed E-state index contributed by atoms with van der Waals surface area (Å²) < 4.78 is 5.35. The molecule has 0 aromatic heterocycles. The van der Waals surface area contributed by atoms with Crippen molar-refractivity contribution in [1.82, 2.24) is 0 Å². The number of ketones is 1. The summed E-state index contributed by atoms with van der Waals surface area (Å²) in [6.45, 7) is 5.08. The summed E-state index contributed by atoms with van der Waals surface area (Å²) in [6.07, 6.45) is 0. The van der Waals surface area contributed by atoms with Crippen molar-refractivity contribution in [1.29, 1.82) is 0 Å². The maximum absolute atomic E-state index is 12.5. The molecule has 0 aliphatic carbocycles. The van der Waals surface area contributed by atoms with Crippen LogP contribution in [0.4, 0.5) is 11.4 Å². The van der Waals surface area contributed by atoms with Crippen LogP contribution in [0.3, 0.4) is 0 Å². The van der Waals surface area contributed by atoms with E-state index in [0.717, 1.165) is 24.3 Å². The highest BCUT2D eigenvalue weighted by Gasteiger charge is 2.16. The molecule has 4 heteroatoms. The Bertz CT molecular complexity index is 674. The van der Waals surface area contributed by atoms with Crippen molar-refractivity contribution in [2.24, 2.45) is 0 Å². The van der Waals surface area contributed by atoms with Crippen LogP contribution in [0.1, 0.15) is 21.5 Å². The van der Waals surface area contributed by atoms with Crippen molar-refractivity contribution >= 4 is 17.2 Å². The third kappa shape index (κ3) is 2.97. The molecule has 1 saturated heterocycles. The zero-order valence-corrected chi connectivity index (χ0v) is 12.7. The number of nitrogen functional groups attached to an aromatic ring is 1. The smallest absolute Gasteiger partial charge is 0.193 e. The SMILES string of the molecule is Cc1ccc(C(=O)c2ccc(N3CCOCC3)c(N)c2)cc1. The molecule has 0 bridgehead atoms. The third-order valence-corrected chi connectivity index (χ3v) is 3.96. The number of ether oxygens (including phenoxy) is 1. The van der Waals surface area contributed by atoms with E-state index in [9.17, 15) is 4.79 Å². The quantitative estimate of drug-likeness (QED) is 0.699. The van der Waals surface area contributed by atoms with E-state index in [4.69, 9.17) is 10.5 Å². The molecule has 2 aromatic rings. The number of carbonyl (C=O) groups is 1. The zero-order chi connectivity index (χ0) is 15.5. The van der Waals surface area contributed by atoms with Crippen LogP contribution in [0, 0.1) is 6.92 Å². The Labute approximate surface area is 130 Å². The van der Waals surface area contributed by atoms with E-state index in [2.05, 4.69) is 4.90 Å². The first-order chi connectivity index (χ1) is 10.6. The summed E-state index contributed by atoms with van der Waals surface area (Å²) >= 11 is 0. The van der Waals surface area contributed by atoms with Crippen LogP contribution in [-0.2, 0) is 4.74 Å². The third-order valence-electron chi connectivity index (χ3n) is 3.96. The van der Waals surface area contributed by atoms with Crippen molar-refractivity contribution in [3.8, 4) is 0 Å². The van der Waals surface area contributed by atoms with Gasteiger partial charge in [0.2, 0.25) is 0 Å². The fraction of sp³-hybridized carbons (Fsp3) is 0.278. The molecule has 0 saturated carbocycles. The van der Waals surface area contributed by atoms with E-state index >= 15 is 0 Å². The van der Waals surface area contributed by atoms with Crippen LogP contribution in [0.2, 0.25) is 0 Å². The van der Waals surface area contributed by atoms with Crippen LogP contribution in [0.5, 0.6) is 0 Å². The Morgan fingerprint density at radius 2 is 1.68 bits per heavy atom. The maximum atomic E-state index is 12.5. The second-order valence-corrected chi connectivity index (χ2v) is 5.57. The van der Waals surface area contributed by atoms with E-state index in [-0.39, 0.29) is 5.78 Å². The highest BCUT2D eigenvalue weighted by Crippen LogP contribution is 2.26. The van der Waals surface area contributed by atoms with Gasteiger partial charge in [-0.3, -0.25) is 4.79 Å². The molecule has 2 N–H and O–H groups in total. The van der Waals surface area contributed by atoms with Gasteiger partial charge in [-0.15, -0.1) is 0 Å². The number of anilines is 2. The molecule has 2 aromatic carbocycles. The Morgan fingerprint density at radius 1 is 1.05 bits per heavy atom. The molecular formula is C18H20N2O2. The van der Waals surface area contributed by atoms with E-state index in [1.54, 1.807) is 6.07 Å². The fourth-order valence-electron chi connectivity index (χ4n) is 2.66. The van der Waals surface area contributed by atoms with Crippen LogP contribution in [0.15, 0.2) is 42.5 Å². The average molecular weight is 296 g/mol. The van der Waals surface area contributed by atoms with Crippen LogP contribution >= 0.6 is 0 Å². The molecule has 22 heavy (non-hydrogen) atoms. The van der Waals surface area contributed by atoms with Gasteiger partial charge in [0.15, 0.2) is 5.78 Å². The van der Waals surface area contributed by atoms with Crippen molar-refractivity contribution in [2.75, 3.05) is 36.9 Å². The zero-order valence-electron chi connectivity index (χ0n) is 12.7. The standard InChI is InChI=1S/C18H20N2O2/c1-13-2-4-14(5-3-13)18(21)15-6-7-17(16(19)12-15)20-8-10-22-11-9-20/h2-7,12H,8-11,19H2,1H3. The Kier molecular flexibility index (Phi) is 4.11. The number of rotatable bonds is 3. The minimum atomic E-state index is 0.000211. The molecule has 0 amide bonds. The first-order valence-corrected chi connectivity index (χ1v) is 7.49. The van der Waals surface area contributed by atoms with Gasteiger partial charge in [0.05, 0.1) is 24.6 Å². The molecule has 1 heterocycles. The average Bonchev–Trinajstić information content (AvgIpc) is 2.55. The molecule has 114 valence electrons. The largest absolute Gasteiger partial charge is 0.397 e. The monoisotopic (exact) mass is 296 g/mol. The summed E-state index contributed by atoms with van der Waals surface area (Å²) in [7, 11) is 0. The predicted octanol–water partition coefficient (Wildman–Crippen LogP) is 2.64. The molecule has 1 fully saturated rings. The lowest BCUT2D eigenvalue weighted by Crippen LogP contribution is -2.36. The molecule has 0 spiro atoms. The molecule has 1 aliphatic heterocycles. The lowest BCUT2D eigenvalue weighted by molar-refractivity contribution is 0.103. The van der Waals surface area contributed by atoms with Crippen molar-refractivity contribution in [2.45, 2.75) is 6.92 Å². The van der Waals surface area contributed by atoms with Crippen molar-refractivity contribution < 1.29 is 9.53 Å². The first-order valence-electron chi connectivity index (χ1n) is 7.49. The second-order valence-electron chi connectivity index (χ2n) is 5.57. The first kappa shape index (κ1) is 14.6. The fourth-order valence-corrected chi connectivity index (χ4v) is 2.66. The number of hydrogen-bond acceptors (Lipinski definition) is 4. The highest BCUT2D eigenvalue weighted by atomic mass is 16.5. The molecule has 1 aliphatic rings. The minimum absolute atomic E-state index is 0.000211. The lowest BCUT2D eigenvalue weighted by atomic mass is 10.0. The molecular weight excluding hydrogens is 276 g/mol. The van der Waals surface area contributed by atoms with Gasteiger partial charge >= 0.3 is 0 Å². The summed E-state index contributed by atoms with van der Waals surface area (Å²) in [5.41, 5.74) is 10.2. The number of benzene rings is 2. The number of nitrogens with zero attached hydrogens (tertiary/aromatic N) is 1. The summed E-state index contributed by atoms with van der Waals surface area (Å²) in [6, 6.07) is 13.1. The minimum Gasteiger partial charge on any atom is -0.397 e. The van der Waals surface area contributed by atoms with Gasteiger partial charge in [-0.25, -0.2) is 0 Å². The molecule has 0 atom stereocenters. The Morgan fingerprint density at radius 3 is 2.32 bits per heavy atom. The lowest BCUT2D eigenvalue weighted by Gasteiger charge is -2.30. The van der Waals surface area contributed by atoms with Crippen molar-refractivity contribution in [3.63, 3.8) is 0 Å². The molecule has 0 unspecified atom stereocenters. The predicted molar refractivity (Wildman–Crippen MR) is 88.5 cm³/mol. The number of hydrogen-bond donors (Lipinski definition) is 1. The van der Waals surface area contributed by atoms with E-state index in [1.165, 1.54) is 0 Å². The van der Waals surface area contributed by atoms with Gasteiger partial charge in [-0.05, 0) is 25.1 Å². The van der Waals surface area contributed by atoms with Gasteiger partial charge in [0.25, 0.3) is 0 Å². The van der Waals surface area contributed by atoms with E-state index < -0.39 is 0 Å². The normalized spacial score (nSPS) is 14.9. The van der Waals surface area contributed by atoms with Gasteiger partial charge in [-0.1, -0.05) is 29.8 Å². The van der Waals surface area contributed by atoms with Crippen molar-refractivity contribution in [3.05, 3.63) is 59.2 Å². The Hall–Kier alpha value is -2.33. The van der Waals surface area contributed by atoms with E-state index in [1.807, 2.05) is 43.3 Å². The number of carbonyl (C=O) groups excluding carboxylic acids is 1. The van der Waals surface area contributed by atoms with Crippen LogP contribution in [0.25, 0.3) is 0 Å². The number of nitrogens with two attached hydrogens (primary N) is 1. The maximum Gasteiger partial charge on any atom is 0.193 e. The van der Waals surface area contributed by atoms with Gasteiger partial charge in [0.1, 0.15) is 0 Å². The summed E-state index contributed by atoms with van der Waals surface area (Å²) in [5, 5.41) is 0. The van der Waals surface area contributed by atoms with Crippen LogP contribution < -0.4 is 10.6 Å². The topological polar surface area (TPSA) is 55.6 Å². The van der Waals surface area contributed by atoms with Gasteiger partial charge in [-0.2, -0.15) is 0 Å². The van der Waals surface area contributed by atoms with Gasteiger partial charge in [0, 0.05) is 24.2 Å². The molecule has 0 radical (unpaired) electrons. The van der Waals surface area contributed by atoms with Gasteiger partial charge < -0.3 is 15.4 Å².